The second-order valence-corrected chi connectivity index (χ2v) is 5.32. The molecule has 0 spiro atoms. The first-order chi connectivity index (χ1) is 10.9. The number of nitro benzene ring substituents is 1. The van der Waals surface area contributed by atoms with Crippen LogP contribution in [0.15, 0.2) is 24.3 Å². The van der Waals surface area contributed by atoms with Gasteiger partial charge in [0, 0.05) is 19.2 Å². The number of nitrogens with zero attached hydrogens (tertiary/aromatic N) is 2. The lowest BCUT2D eigenvalue weighted by Gasteiger charge is -2.30. The molecular formula is C15H16FN3O4. The van der Waals surface area contributed by atoms with Gasteiger partial charge in [-0.05, 0) is 31.1 Å². The fourth-order valence-electron chi connectivity index (χ4n) is 2.49. The molecule has 1 aliphatic rings. The number of nitro groups is 1. The van der Waals surface area contributed by atoms with Crippen molar-refractivity contribution in [3.8, 4) is 0 Å². The van der Waals surface area contributed by atoms with E-state index in [4.69, 9.17) is 5.73 Å². The molecule has 1 saturated heterocycles. The Morgan fingerprint density at radius 1 is 1.43 bits per heavy atom. The number of piperidine rings is 1. The van der Waals surface area contributed by atoms with E-state index in [0.717, 1.165) is 12.1 Å². The summed E-state index contributed by atoms with van der Waals surface area (Å²) < 4.78 is 13.1. The molecule has 23 heavy (non-hydrogen) atoms. The molecule has 0 radical (unpaired) electrons. The van der Waals surface area contributed by atoms with Crippen molar-refractivity contribution < 1.29 is 18.9 Å². The van der Waals surface area contributed by atoms with Gasteiger partial charge in [-0.15, -0.1) is 0 Å². The largest absolute Gasteiger partial charge is 0.369 e. The summed E-state index contributed by atoms with van der Waals surface area (Å²) in [5.74, 6) is -1.91. The van der Waals surface area contributed by atoms with Crippen molar-refractivity contribution in [1.29, 1.82) is 0 Å². The quantitative estimate of drug-likeness (QED) is 0.515. The zero-order chi connectivity index (χ0) is 17.0. The second-order valence-electron chi connectivity index (χ2n) is 5.32. The van der Waals surface area contributed by atoms with E-state index in [9.17, 15) is 24.1 Å². The molecule has 122 valence electrons. The molecule has 1 fully saturated rings. The number of nitrogens with two attached hydrogens (primary N) is 1. The van der Waals surface area contributed by atoms with Gasteiger partial charge in [-0.3, -0.25) is 19.7 Å². The molecule has 1 atom stereocenters. The number of benzene rings is 1. The van der Waals surface area contributed by atoms with E-state index in [0.29, 0.717) is 19.4 Å². The van der Waals surface area contributed by atoms with Crippen LogP contribution in [0.25, 0.3) is 6.08 Å². The second kappa shape index (κ2) is 6.99. The highest BCUT2D eigenvalue weighted by Gasteiger charge is 2.26. The molecule has 0 bridgehead atoms. The van der Waals surface area contributed by atoms with Crippen LogP contribution in [0.5, 0.6) is 0 Å². The van der Waals surface area contributed by atoms with Gasteiger partial charge in [0.1, 0.15) is 5.82 Å². The summed E-state index contributed by atoms with van der Waals surface area (Å²) in [5.41, 5.74) is 4.97. The van der Waals surface area contributed by atoms with Crippen molar-refractivity contribution in [2.24, 2.45) is 11.7 Å². The van der Waals surface area contributed by atoms with Gasteiger partial charge in [0.05, 0.1) is 22.5 Å². The predicted molar refractivity (Wildman–Crippen MR) is 80.6 cm³/mol. The van der Waals surface area contributed by atoms with E-state index in [1.54, 1.807) is 0 Å². The molecule has 2 amide bonds. The monoisotopic (exact) mass is 321 g/mol. The number of hydrogen-bond donors (Lipinski definition) is 1. The maximum Gasteiger partial charge on any atom is 0.279 e. The highest BCUT2D eigenvalue weighted by molar-refractivity contribution is 5.93. The van der Waals surface area contributed by atoms with Crippen molar-refractivity contribution in [2.45, 2.75) is 12.8 Å². The zero-order valence-electron chi connectivity index (χ0n) is 12.3. The minimum Gasteiger partial charge on any atom is -0.369 e. The molecule has 2 rings (SSSR count). The van der Waals surface area contributed by atoms with Gasteiger partial charge in [0.15, 0.2) is 0 Å². The van der Waals surface area contributed by atoms with Crippen LogP contribution in [-0.2, 0) is 9.59 Å². The highest BCUT2D eigenvalue weighted by Crippen LogP contribution is 2.22. The Morgan fingerprint density at radius 2 is 2.17 bits per heavy atom. The Kier molecular flexibility index (Phi) is 5.05. The Morgan fingerprint density at radius 3 is 2.83 bits per heavy atom. The van der Waals surface area contributed by atoms with E-state index >= 15 is 0 Å². The maximum absolute atomic E-state index is 13.1. The summed E-state index contributed by atoms with van der Waals surface area (Å²) in [5, 5.41) is 10.9. The lowest BCUT2D eigenvalue weighted by atomic mass is 9.97. The van der Waals surface area contributed by atoms with E-state index in [1.165, 1.54) is 23.1 Å². The summed E-state index contributed by atoms with van der Waals surface area (Å²) in [7, 11) is 0. The van der Waals surface area contributed by atoms with Crippen LogP contribution in [-0.4, -0.2) is 34.7 Å². The number of likely N-dealkylation sites (tertiary alicyclic amines) is 1. The Labute approximate surface area is 131 Å². The van der Waals surface area contributed by atoms with Crippen LogP contribution in [0.3, 0.4) is 0 Å². The van der Waals surface area contributed by atoms with Gasteiger partial charge in [-0.1, -0.05) is 0 Å². The number of rotatable bonds is 4. The van der Waals surface area contributed by atoms with Crippen LogP contribution in [0.1, 0.15) is 18.4 Å². The van der Waals surface area contributed by atoms with E-state index in [2.05, 4.69) is 0 Å². The fourth-order valence-corrected chi connectivity index (χ4v) is 2.49. The molecule has 8 heteroatoms. The van der Waals surface area contributed by atoms with Crippen molar-refractivity contribution >= 4 is 23.6 Å². The lowest BCUT2D eigenvalue weighted by molar-refractivity contribution is -0.385. The van der Waals surface area contributed by atoms with Gasteiger partial charge >= 0.3 is 0 Å². The average molecular weight is 321 g/mol. The SMILES string of the molecule is NC(=O)[C@H]1CCCN(C(=O)/C=C/c2ccc(F)cc2[N+](=O)[O-])C1. The zero-order valence-corrected chi connectivity index (χ0v) is 12.3. The number of halogens is 1. The van der Waals surface area contributed by atoms with Crippen molar-refractivity contribution in [3.05, 3.63) is 45.8 Å². The van der Waals surface area contributed by atoms with Gasteiger partial charge in [0.25, 0.3) is 5.69 Å². The van der Waals surface area contributed by atoms with E-state index in [-0.39, 0.29) is 23.9 Å². The van der Waals surface area contributed by atoms with Crippen molar-refractivity contribution in [2.75, 3.05) is 13.1 Å². The van der Waals surface area contributed by atoms with Gasteiger partial charge in [0.2, 0.25) is 11.8 Å². The third-order valence-corrected chi connectivity index (χ3v) is 3.73. The van der Waals surface area contributed by atoms with Crippen LogP contribution in [0.2, 0.25) is 0 Å². The predicted octanol–water partition coefficient (Wildman–Crippen LogP) is 1.47. The van der Waals surface area contributed by atoms with Crippen molar-refractivity contribution in [3.63, 3.8) is 0 Å². The molecular weight excluding hydrogens is 305 g/mol. The first kappa shape index (κ1) is 16.6. The summed E-state index contributed by atoms with van der Waals surface area (Å²) in [6.07, 6.45) is 3.77. The van der Waals surface area contributed by atoms with Crippen molar-refractivity contribution in [1.82, 2.24) is 4.90 Å². The van der Waals surface area contributed by atoms with Gasteiger partial charge in [-0.25, -0.2) is 4.39 Å². The van der Waals surface area contributed by atoms with E-state index in [1.807, 2.05) is 0 Å². The van der Waals surface area contributed by atoms with Crippen LogP contribution in [0, 0.1) is 21.8 Å². The molecule has 1 aromatic rings. The first-order valence-electron chi connectivity index (χ1n) is 7.08. The minimum atomic E-state index is -0.722. The standard InChI is InChI=1S/C15H16FN3O4/c16-12-5-3-10(13(8-12)19(22)23)4-6-14(20)18-7-1-2-11(9-18)15(17)21/h3-6,8,11H,1-2,7,9H2,(H2,17,21)/b6-4+/t11-/m0/s1. The Bertz CT molecular complexity index is 675. The number of carbonyl (C=O) groups is 2. The Hall–Kier alpha value is -2.77. The molecule has 0 aromatic heterocycles. The molecule has 0 saturated carbocycles. The fraction of sp³-hybridized carbons (Fsp3) is 0.333. The lowest BCUT2D eigenvalue weighted by Crippen LogP contribution is -2.43. The number of carbonyl (C=O) groups excluding carboxylic acids is 2. The summed E-state index contributed by atoms with van der Waals surface area (Å²) in [4.78, 5) is 35.0. The third kappa shape index (κ3) is 4.12. The topological polar surface area (TPSA) is 107 Å². The molecule has 1 heterocycles. The van der Waals surface area contributed by atoms with Gasteiger partial charge in [-0.2, -0.15) is 0 Å². The number of hydrogen-bond acceptors (Lipinski definition) is 4. The molecule has 1 aromatic carbocycles. The number of primary amides is 1. The Balaban J connectivity index is 2.12. The molecule has 2 N–H and O–H groups in total. The van der Waals surface area contributed by atoms with Crippen LogP contribution >= 0.6 is 0 Å². The minimum absolute atomic E-state index is 0.133. The normalized spacial score (nSPS) is 18.1. The summed E-state index contributed by atoms with van der Waals surface area (Å²) in [6, 6.07) is 3.12. The maximum atomic E-state index is 13.1. The smallest absolute Gasteiger partial charge is 0.279 e. The highest BCUT2D eigenvalue weighted by atomic mass is 19.1. The molecule has 0 unspecified atom stereocenters. The van der Waals surface area contributed by atoms with Crippen LogP contribution in [0.4, 0.5) is 10.1 Å². The summed E-state index contributed by atoms with van der Waals surface area (Å²) >= 11 is 0. The average Bonchev–Trinajstić information content (AvgIpc) is 2.53. The molecule has 0 aliphatic carbocycles. The van der Waals surface area contributed by atoms with Crippen LogP contribution < -0.4 is 5.73 Å². The number of amides is 2. The third-order valence-electron chi connectivity index (χ3n) is 3.73. The first-order valence-corrected chi connectivity index (χ1v) is 7.08. The molecule has 7 nitrogen and oxygen atoms in total. The molecule has 1 aliphatic heterocycles. The van der Waals surface area contributed by atoms with Gasteiger partial charge < -0.3 is 10.6 Å². The summed E-state index contributed by atoms with van der Waals surface area (Å²) in [6.45, 7) is 0.739. The van der Waals surface area contributed by atoms with E-state index < -0.39 is 22.3 Å².